The molecule has 22 heavy (non-hydrogen) atoms. The first kappa shape index (κ1) is 14.4. The molecule has 3 rings (SSSR count). The minimum Gasteiger partial charge on any atom is -0.273 e. The van der Waals surface area contributed by atoms with Gasteiger partial charge in [-0.3, -0.25) is 4.79 Å². The van der Waals surface area contributed by atoms with Crippen molar-refractivity contribution < 1.29 is 9.59 Å². The summed E-state index contributed by atoms with van der Waals surface area (Å²) in [6.45, 7) is 4.05. The molecule has 0 bridgehead atoms. The number of aliphatic imine (C=N–C) groups is 1. The molecule has 0 radical (unpaired) electrons. The second-order valence-corrected chi connectivity index (χ2v) is 5.35. The van der Waals surface area contributed by atoms with Gasteiger partial charge < -0.3 is 0 Å². The summed E-state index contributed by atoms with van der Waals surface area (Å²) < 4.78 is 0. The summed E-state index contributed by atoms with van der Waals surface area (Å²) in [5.74, 6) is -0.677. The van der Waals surface area contributed by atoms with Gasteiger partial charge in [0.2, 0.25) is 5.91 Å². The number of aryl methyl sites for hydroxylation is 2. The number of amides is 3. The molecule has 4 nitrogen and oxygen atoms in total. The van der Waals surface area contributed by atoms with Gasteiger partial charge in [0.05, 0.1) is 17.3 Å². The first-order valence-electron chi connectivity index (χ1n) is 7.59. The molecule has 112 valence electrons. The van der Waals surface area contributed by atoms with Gasteiger partial charge in [-0.2, -0.15) is 4.99 Å². The zero-order valence-corrected chi connectivity index (χ0v) is 12.7. The third-order valence-corrected chi connectivity index (χ3v) is 4.09. The van der Waals surface area contributed by atoms with Gasteiger partial charge in [-0.05, 0) is 30.0 Å². The quantitative estimate of drug-likeness (QED) is 0.857. The Hall–Kier alpha value is -2.49. The lowest BCUT2D eigenvalue weighted by molar-refractivity contribution is -0.118. The molecule has 1 aliphatic heterocycles. The van der Waals surface area contributed by atoms with Crippen molar-refractivity contribution in [3.63, 3.8) is 0 Å². The van der Waals surface area contributed by atoms with Crippen molar-refractivity contribution in [1.82, 2.24) is 0 Å². The summed E-state index contributed by atoms with van der Waals surface area (Å²) >= 11 is 0. The Morgan fingerprint density at radius 1 is 1.09 bits per heavy atom. The third kappa shape index (κ3) is 2.21. The lowest BCUT2D eigenvalue weighted by Crippen LogP contribution is -2.47. The van der Waals surface area contributed by atoms with E-state index < -0.39 is 11.9 Å². The Kier molecular flexibility index (Phi) is 3.75. The maximum Gasteiger partial charge on any atom is 0.355 e. The number of imide groups is 1. The molecule has 1 aromatic rings. The first-order valence-corrected chi connectivity index (χ1v) is 7.59. The number of carbonyl (C=O) groups is 2. The number of benzene rings is 1. The maximum absolute atomic E-state index is 12.8. The average molecular weight is 294 g/mol. The van der Waals surface area contributed by atoms with Crippen LogP contribution in [0.15, 0.2) is 47.5 Å². The molecular formula is C18H18N2O2. The van der Waals surface area contributed by atoms with E-state index in [-0.39, 0.29) is 5.91 Å². The van der Waals surface area contributed by atoms with Gasteiger partial charge in [0.15, 0.2) is 0 Å². The largest absolute Gasteiger partial charge is 0.355 e. The van der Waals surface area contributed by atoms with Crippen molar-refractivity contribution in [2.45, 2.75) is 26.7 Å². The molecule has 1 aromatic carbocycles. The molecule has 1 unspecified atom stereocenters. The van der Waals surface area contributed by atoms with E-state index in [0.717, 1.165) is 24.0 Å². The molecule has 3 amide bonds. The average Bonchev–Trinajstić information content (AvgIpc) is 2.55. The minimum atomic E-state index is -0.494. The predicted octanol–water partition coefficient (Wildman–Crippen LogP) is 3.46. The van der Waals surface area contributed by atoms with E-state index in [1.165, 1.54) is 4.90 Å². The fourth-order valence-corrected chi connectivity index (χ4v) is 2.95. The minimum absolute atomic E-state index is 0.216. The second-order valence-electron chi connectivity index (χ2n) is 5.35. The highest BCUT2D eigenvalue weighted by molar-refractivity contribution is 6.31. The fraction of sp³-hybridized carbons (Fsp3) is 0.278. The predicted molar refractivity (Wildman–Crippen MR) is 87.3 cm³/mol. The van der Waals surface area contributed by atoms with E-state index in [4.69, 9.17) is 0 Å². The summed E-state index contributed by atoms with van der Waals surface area (Å²) in [5.41, 5.74) is 3.24. The molecule has 4 heteroatoms. The number of hydrogen-bond acceptors (Lipinski definition) is 2. The smallest absolute Gasteiger partial charge is 0.273 e. The zero-order valence-electron chi connectivity index (χ0n) is 12.7. The standard InChI is InChI=1S/C18H18N2O2/c1-3-12-8-7-9-13(4-2)16(12)20-17(21)14-10-5-6-11-15(14)19-18(20)22/h5-11,14H,3-4H2,1-2H3. The molecule has 1 aliphatic carbocycles. The van der Waals surface area contributed by atoms with Gasteiger partial charge in [0.25, 0.3) is 0 Å². The van der Waals surface area contributed by atoms with Crippen LogP contribution < -0.4 is 4.90 Å². The van der Waals surface area contributed by atoms with Crippen LogP contribution in [0.25, 0.3) is 0 Å². The topological polar surface area (TPSA) is 49.7 Å². The Bertz CT molecular complexity index is 706. The van der Waals surface area contributed by atoms with Gasteiger partial charge >= 0.3 is 6.03 Å². The molecule has 1 atom stereocenters. The lowest BCUT2D eigenvalue weighted by Gasteiger charge is -2.31. The van der Waals surface area contributed by atoms with Gasteiger partial charge in [-0.1, -0.05) is 50.3 Å². The SMILES string of the molecule is CCc1cccc(CC)c1N1C(=O)N=C2C=CC=CC2C1=O. The van der Waals surface area contributed by atoms with Crippen LogP contribution in [0.1, 0.15) is 25.0 Å². The number of anilines is 1. The van der Waals surface area contributed by atoms with E-state index in [0.29, 0.717) is 11.4 Å². The maximum atomic E-state index is 12.8. The Labute approximate surface area is 129 Å². The molecule has 0 fully saturated rings. The van der Waals surface area contributed by atoms with Gasteiger partial charge in [-0.15, -0.1) is 0 Å². The Morgan fingerprint density at radius 3 is 2.41 bits per heavy atom. The van der Waals surface area contributed by atoms with Gasteiger partial charge in [-0.25, -0.2) is 9.69 Å². The number of nitrogens with zero attached hydrogens (tertiary/aromatic N) is 2. The van der Waals surface area contributed by atoms with Crippen LogP contribution in [0.4, 0.5) is 10.5 Å². The van der Waals surface area contributed by atoms with Crippen molar-refractivity contribution in [1.29, 1.82) is 0 Å². The van der Waals surface area contributed by atoms with Crippen LogP contribution in [-0.2, 0) is 17.6 Å². The Morgan fingerprint density at radius 2 is 1.77 bits per heavy atom. The lowest BCUT2D eigenvalue weighted by atomic mass is 9.93. The van der Waals surface area contributed by atoms with Crippen LogP contribution in [0.2, 0.25) is 0 Å². The van der Waals surface area contributed by atoms with Crippen LogP contribution in [0.3, 0.4) is 0 Å². The molecule has 0 saturated carbocycles. The summed E-state index contributed by atoms with van der Waals surface area (Å²) in [6, 6.07) is 5.40. The molecule has 2 aliphatic rings. The highest BCUT2D eigenvalue weighted by Crippen LogP contribution is 2.32. The number of para-hydroxylation sites is 1. The fourth-order valence-electron chi connectivity index (χ4n) is 2.95. The van der Waals surface area contributed by atoms with Gasteiger partial charge in [0.1, 0.15) is 0 Å². The van der Waals surface area contributed by atoms with Crippen LogP contribution in [0, 0.1) is 5.92 Å². The van der Waals surface area contributed by atoms with E-state index in [9.17, 15) is 9.59 Å². The van der Waals surface area contributed by atoms with E-state index >= 15 is 0 Å². The highest BCUT2D eigenvalue weighted by atomic mass is 16.2. The summed E-state index contributed by atoms with van der Waals surface area (Å²) in [5, 5.41) is 0. The van der Waals surface area contributed by atoms with Crippen LogP contribution in [0.5, 0.6) is 0 Å². The van der Waals surface area contributed by atoms with Crippen LogP contribution in [-0.4, -0.2) is 17.6 Å². The molecule has 0 saturated heterocycles. The van der Waals surface area contributed by atoms with E-state index in [1.54, 1.807) is 18.2 Å². The normalized spacial score (nSPS) is 20.2. The summed E-state index contributed by atoms with van der Waals surface area (Å²) in [4.78, 5) is 30.7. The number of urea groups is 1. The monoisotopic (exact) mass is 294 g/mol. The highest BCUT2D eigenvalue weighted by Gasteiger charge is 2.38. The second kappa shape index (κ2) is 5.72. The number of allylic oxidation sites excluding steroid dienone is 3. The summed E-state index contributed by atoms with van der Waals surface area (Å²) in [6.07, 6.45) is 8.66. The van der Waals surface area contributed by atoms with Crippen LogP contribution >= 0.6 is 0 Å². The molecular weight excluding hydrogens is 276 g/mol. The third-order valence-electron chi connectivity index (χ3n) is 4.09. The van der Waals surface area contributed by atoms with Crippen molar-refractivity contribution in [2.75, 3.05) is 4.90 Å². The molecule has 1 heterocycles. The van der Waals surface area contributed by atoms with Crippen molar-refractivity contribution in [3.05, 3.63) is 53.6 Å². The zero-order chi connectivity index (χ0) is 15.7. The first-order chi connectivity index (χ1) is 10.7. The molecule has 0 aromatic heterocycles. The number of rotatable bonds is 3. The van der Waals surface area contributed by atoms with Crippen molar-refractivity contribution in [3.8, 4) is 0 Å². The number of fused-ring (bicyclic) bond motifs is 1. The Balaban J connectivity index is 2.15. The number of hydrogen-bond donors (Lipinski definition) is 0. The van der Waals surface area contributed by atoms with Crippen molar-refractivity contribution >= 4 is 23.3 Å². The van der Waals surface area contributed by atoms with Gasteiger partial charge in [0, 0.05) is 0 Å². The summed E-state index contributed by atoms with van der Waals surface area (Å²) in [7, 11) is 0. The molecule has 0 N–H and O–H groups in total. The number of carbonyl (C=O) groups excluding carboxylic acids is 2. The van der Waals surface area contributed by atoms with Crippen molar-refractivity contribution in [2.24, 2.45) is 10.9 Å². The molecule has 0 spiro atoms. The van der Waals surface area contributed by atoms with E-state index in [2.05, 4.69) is 4.99 Å². The van der Waals surface area contributed by atoms with E-state index in [1.807, 2.05) is 38.1 Å².